The lowest BCUT2D eigenvalue weighted by molar-refractivity contribution is -0.125. The topological polar surface area (TPSA) is 114 Å². The van der Waals surface area contributed by atoms with E-state index in [0.29, 0.717) is 25.9 Å². The molecule has 9 heteroatoms. The Morgan fingerprint density at radius 1 is 0.833 bits per heavy atom. The van der Waals surface area contributed by atoms with Gasteiger partial charge in [-0.15, -0.1) is 0 Å². The maximum Gasteiger partial charge on any atom is 0.222 e. The van der Waals surface area contributed by atoms with Crippen LogP contribution in [0.2, 0.25) is 0 Å². The number of carbonyl (C=O) groups excluding carboxylic acids is 2. The molecule has 2 amide bonds. The molecule has 0 bridgehead atoms. The third-order valence-corrected chi connectivity index (χ3v) is 5.55. The molecule has 0 aromatic carbocycles. The minimum atomic E-state index is -1.01. The average Bonchev–Trinajstić information content (AvgIpc) is 3.04. The summed E-state index contributed by atoms with van der Waals surface area (Å²) in [5.41, 5.74) is 6.31. The van der Waals surface area contributed by atoms with Crippen molar-refractivity contribution in [2.75, 3.05) is 13.1 Å². The summed E-state index contributed by atoms with van der Waals surface area (Å²) in [6, 6.07) is 0. The molecule has 0 radical (unpaired) electrons. The van der Waals surface area contributed by atoms with Gasteiger partial charge in [0.15, 0.2) is 0 Å². The number of aliphatic hydroxyl groups excluding tert-OH is 1. The predicted octanol–water partition coefficient (Wildman–Crippen LogP) is 0.546. The molecule has 2 aromatic rings. The molecule has 0 saturated heterocycles. The second-order valence-electron chi connectivity index (χ2n) is 7.81. The fourth-order valence-corrected chi connectivity index (χ4v) is 3.66. The molecule has 0 saturated carbocycles. The summed E-state index contributed by atoms with van der Waals surface area (Å²) < 4.78 is 3.65. The average molecular weight is 419 g/mol. The van der Waals surface area contributed by atoms with Crippen molar-refractivity contribution >= 4 is 11.8 Å². The van der Waals surface area contributed by atoms with Crippen molar-refractivity contribution in [3.05, 3.63) is 33.9 Å². The summed E-state index contributed by atoms with van der Waals surface area (Å²) in [4.78, 5) is 24.1. The van der Waals surface area contributed by atoms with Gasteiger partial charge in [0, 0.05) is 38.6 Å². The normalized spacial score (nSPS) is 11.2. The van der Waals surface area contributed by atoms with E-state index in [2.05, 4.69) is 20.8 Å². The van der Waals surface area contributed by atoms with Gasteiger partial charge in [0.1, 0.15) is 0 Å². The Kier molecular flexibility index (Phi) is 8.16. The SMILES string of the molecule is Cc1nn(C)c(C)c1CCNC(=O)CC(O)CC(=O)NCCc1c(C)nn(C)c1C. The van der Waals surface area contributed by atoms with Gasteiger partial charge >= 0.3 is 0 Å². The van der Waals surface area contributed by atoms with Crippen LogP contribution in [0.25, 0.3) is 0 Å². The zero-order valence-corrected chi connectivity index (χ0v) is 18.9. The van der Waals surface area contributed by atoms with Crippen LogP contribution in [0.3, 0.4) is 0 Å². The van der Waals surface area contributed by atoms with Gasteiger partial charge in [0.2, 0.25) is 11.8 Å². The van der Waals surface area contributed by atoms with E-state index in [9.17, 15) is 14.7 Å². The molecule has 0 spiro atoms. The van der Waals surface area contributed by atoms with Gasteiger partial charge in [-0.3, -0.25) is 19.0 Å². The number of aromatic nitrogens is 4. The second kappa shape index (κ2) is 10.4. The van der Waals surface area contributed by atoms with Gasteiger partial charge in [-0.25, -0.2) is 0 Å². The lowest BCUT2D eigenvalue weighted by atomic mass is 10.1. The molecule has 9 nitrogen and oxygen atoms in total. The van der Waals surface area contributed by atoms with Crippen LogP contribution in [0.15, 0.2) is 0 Å². The highest BCUT2D eigenvalue weighted by Crippen LogP contribution is 2.13. The van der Waals surface area contributed by atoms with E-state index in [1.54, 1.807) is 0 Å². The Bertz CT molecular complexity index is 827. The van der Waals surface area contributed by atoms with Crippen LogP contribution < -0.4 is 10.6 Å². The lowest BCUT2D eigenvalue weighted by Crippen LogP contribution is -2.33. The van der Waals surface area contributed by atoms with Crippen molar-refractivity contribution in [1.82, 2.24) is 30.2 Å². The summed E-state index contributed by atoms with van der Waals surface area (Å²) in [7, 11) is 3.79. The van der Waals surface area contributed by atoms with E-state index in [-0.39, 0.29) is 24.7 Å². The summed E-state index contributed by atoms with van der Waals surface area (Å²) in [6.07, 6.45) is 0.161. The van der Waals surface area contributed by atoms with Crippen molar-refractivity contribution in [2.24, 2.45) is 14.1 Å². The van der Waals surface area contributed by atoms with Crippen LogP contribution >= 0.6 is 0 Å². The monoisotopic (exact) mass is 418 g/mol. The molecule has 30 heavy (non-hydrogen) atoms. The Balaban J connectivity index is 1.67. The highest BCUT2D eigenvalue weighted by atomic mass is 16.3. The van der Waals surface area contributed by atoms with Crippen LogP contribution in [0.4, 0.5) is 0 Å². The maximum atomic E-state index is 12.0. The van der Waals surface area contributed by atoms with Crippen molar-refractivity contribution in [2.45, 2.75) is 59.5 Å². The highest BCUT2D eigenvalue weighted by molar-refractivity contribution is 5.79. The van der Waals surface area contributed by atoms with Crippen molar-refractivity contribution in [3.8, 4) is 0 Å². The fourth-order valence-electron chi connectivity index (χ4n) is 3.66. The lowest BCUT2D eigenvalue weighted by Gasteiger charge is -2.12. The number of carbonyl (C=O) groups is 2. The number of hydrogen-bond acceptors (Lipinski definition) is 5. The van der Waals surface area contributed by atoms with Crippen molar-refractivity contribution < 1.29 is 14.7 Å². The maximum absolute atomic E-state index is 12.0. The van der Waals surface area contributed by atoms with Crippen molar-refractivity contribution in [3.63, 3.8) is 0 Å². The van der Waals surface area contributed by atoms with E-state index in [4.69, 9.17) is 0 Å². The summed E-state index contributed by atoms with van der Waals surface area (Å²) >= 11 is 0. The van der Waals surface area contributed by atoms with Crippen LogP contribution in [-0.4, -0.2) is 55.7 Å². The number of aliphatic hydroxyl groups is 1. The van der Waals surface area contributed by atoms with E-state index < -0.39 is 6.10 Å². The smallest absolute Gasteiger partial charge is 0.222 e. The molecule has 2 aromatic heterocycles. The predicted molar refractivity (Wildman–Crippen MR) is 114 cm³/mol. The molecule has 0 aliphatic heterocycles. The third kappa shape index (κ3) is 6.16. The number of rotatable bonds is 10. The van der Waals surface area contributed by atoms with Gasteiger partial charge < -0.3 is 15.7 Å². The Morgan fingerprint density at radius 3 is 1.50 bits per heavy atom. The van der Waals surface area contributed by atoms with Crippen LogP contribution in [0, 0.1) is 27.7 Å². The highest BCUT2D eigenvalue weighted by Gasteiger charge is 2.16. The van der Waals surface area contributed by atoms with E-state index >= 15 is 0 Å². The van der Waals surface area contributed by atoms with Crippen LogP contribution in [-0.2, 0) is 36.5 Å². The molecule has 0 fully saturated rings. The number of hydrogen-bond donors (Lipinski definition) is 3. The minimum absolute atomic E-state index is 0.0980. The zero-order valence-electron chi connectivity index (χ0n) is 18.9. The standard InChI is InChI=1S/C21H34N6O3/c1-13-18(15(3)26(5)24-13)7-9-22-20(29)11-17(28)12-21(30)23-10-8-19-14(2)25-27(6)16(19)4/h17,28H,7-12H2,1-6H3,(H,22,29)(H,23,30). The largest absolute Gasteiger partial charge is 0.392 e. The van der Waals surface area contributed by atoms with Gasteiger partial charge in [-0.1, -0.05) is 0 Å². The zero-order chi connectivity index (χ0) is 22.4. The molecule has 2 heterocycles. The molecular formula is C21H34N6O3. The van der Waals surface area contributed by atoms with E-state index in [0.717, 1.165) is 33.9 Å². The molecule has 0 unspecified atom stereocenters. The summed E-state index contributed by atoms with van der Waals surface area (Å²) in [5, 5.41) is 24.4. The Labute approximate surface area is 177 Å². The first kappa shape index (κ1) is 23.6. The molecule has 3 N–H and O–H groups in total. The van der Waals surface area contributed by atoms with E-state index in [1.807, 2.05) is 51.2 Å². The summed E-state index contributed by atoms with van der Waals surface area (Å²) in [6.45, 7) is 8.82. The Morgan fingerprint density at radius 2 is 1.20 bits per heavy atom. The number of aryl methyl sites for hydroxylation is 4. The van der Waals surface area contributed by atoms with Crippen molar-refractivity contribution in [1.29, 1.82) is 0 Å². The quantitative estimate of drug-likeness (QED) is 0.521. The molecule has 0 atom stereocenters. The molecule has 0 aliphatic rings. The number of nitrogens with zero attached hydrogens (tertiary/aromatic N) is 4. The van der Waals surface area contributed by atoms with Gasteiger partial charge in [0.05, 0.1) is 30.3 Å². The molecular weight excluding hydrogens is 384 g/mol. The molecule has 0 aliphatic carbocycles. The minimum Gasteiger partial charge on any atom is -0.392 e. The summed E-state index contributed by atoms with van der Waals surface area (Å²) in [5.74, 6) is -0.535. The van der Waals surface area contributed by atoms with Crippen LogP contribution in [0.1, 0.15) is 46.7 Å². The van der Waals surface area contributed by atoms with Gasteiger partial charge in [-0.05, 0) is 51.7 Å². The van der Waals surface area contributed by atoms with Gasteiger partial charge in [-0.2, -0.15) is 10.2 Å². The first-order valence-corrected chi connectivity index (χ1v) is 10.3. The second-order valence-corrected chi connectivity index (χ2v) is 7.81. The Hall–Kier alpha value is -2.68. The number of amides is 2. The fraction of sp³-hybridized carbons (Fsp3) is 0.619. The van der Waals surface area contributed by atoms with Crippen LogP contribution in [0.5, 0.6) is 0 Å². The first-order valence-electron chi connectivity index (χ1n) is 10.3. The molecule has 166 valence electrons. The number of nitrogens with one attached hydrogen (secondary N) is 2. The third-order valence-electron chi connectivity index (χ3n) is 5.55. The van der Waals surface area contributed by atoms with E-state index in [1.165, 1.54) is 0 Å². The molecule has 2 rings (SSSR count). The van der Waals surface area contributed by atoms with Gasteiger partial charge in [0.25, 0.3) is 0 Å². The first-order chi connectivity index (χ1) is 14.1.